The Morgan fingerprint density at radius 2 is 1.78 bits per heavy atom. The van der Waals surface area contributed by atoms with Crippen LogP contribution in [0.4, 0.5) is 4.79 Å². The number of aromatic nitrogens is 2. The van der Waals surface area contributed by atoms with Gasteiger partial charge in [-0.15, -0.1) is 0 Å². The molecule has 4 rings (SSSR count). The van der Waals surface area contributed by atoms with Crippen molar-refractivity contribution < 1.29 is 33.5 Å². The van der Waals surface area contributed by atoms with Crippen LogP contribution in [0, 0.1) is 0 Å². The number of imide groups is 1. The number of fused-ring (bicyclic) bond motifs is 1. The Labute approximate surface area is 183 Å². The zero-order chi connectivity index (χ0) is 23.0. The van der Waals surface area contributed by atoms with Gasteiger partial charge in [0.1, 0.15) is 5.60 Å². The lowest BCUT2D eigenvalue weighted by Crippen LogP contribution is -2.43. The van der Waals surface area contributed by atoms with Crippen LogP contribution in [-0.4, -0.2) is 63.6 Å². The Balaban J connectivity index is 1.42. The van der Waals surface area contributed by atoms with E-state index in [0.717, 1.165) is 0 Å². The summed E-state index contributed by atoms with van der Waals surface area (Å²) in [5.41, 5.74) is -0.282. The Hall–Kier alpha value is -3.73. The van der Waals surface area contributed by atoms with E-state index in [-0.39, 0.29) is 35.9 Å². The molecule has 0 bridgehead atoms. The summed E-state index contributed by atoms with van der Waals surface area (Å²) < 4.78 is 12.2. The van der Waals surface area contributed by atoms with E-state index in [1.54, 1.807) is 32.9 Å². The second kappa shape index (κ2) is 8.08. The summed E-state index contributed by atoms with van der Waals surface area (Å²) in [6, 6.07) is 5.39. The van der Waals surface area contributed by atoms with Gasteiger partial charge in [-0.05, 0) is 32.9 Å². The van der Waals surface area contributed by atoms with Crippen LogP contribution in [0.15, 0.2) is 36.7 Å². The van der Waals surface area contributed by atoms with Gasteiger partial charge < -0.3 is 19.6 Å². The molecule has 0 radical (unpaired) electrons. The molecule has 2 aliphatic heterocycles. The summed E-state index contributed by atoms with van der Waals surface area (Å²) in [5.74, 6) is -2.34. The average Bonchev–Trinajstić information content (AvgIpc) is 3.43. The molecule has 11 heteroatoms. The minimum atomic E-state index is -0.915. The van der Waals surface area contributed by atoms with Crippen LogP contribution in [0.5, 0.6) is 0 Å². The monoisotopic (exact) mass is 442 g/mol. The van der Waals surface area contributed by atoms with E-state index < -0.39 is 35.5 Å². The van der Waals surface area contributed by atoms with Crippen LogP contribution in [0.2, 0.25) is 0 Å². The minimum Gasteiger partial charge on any atom is -0.444 e. The largest absolute Gasteiger partial charge is 0.444 e. The average molecular weight is 442 g/mol. The molecule has 2 aliphatic rings. The first kappa shape index (κ1) is 21.5. The van der Waals surface area contributed by atoms with Crippen molar-refractivity contribution in [3.05, 3.63) is 53.3 Å². The molecule has 2 aromatic rings. The number of nitrogens with zero attached hydrogens (tertiary/aromatic N) is 3. The number of benzene rings is 1. The quantitative estimate of drug-likeness (QED) is 0.709. The maximum atomic E-state index is 12.5. The Morgan fingerprint density at radius 1 is 1.12 bits per heavy atom. The fourth-order valence-corrected chi connectivity index (χ4v) is 3.41. The normalized spacial score (nSPS) is 20.3. The molecular formula is C21H22N4O7. The van der Waals surface area contributed by atoms with Crippen LogP contribution in [0.1, 0.15) is 57.9 Å². The number of hydroxylamine groups is 2. The van der Waals surface area contributed by atoms with Crippen LogP contribution < -0.4 is 5.32 Å². The van der Waals surface area contributed by atoms with E-state index in [2.05, 4.69) is 10.4 Å². The van der Waals surface area contributed by atoms with Gasteiger partial charge in [0.2, 0.25) is 0 Å². The lowest BCUT2D eigenvalue weighted by molar-refractivity contribution is -0.0584. The number of hydrogen-bond donors (Lipinski definition) is 1. The van der Waals surface area contributed by atoms with Crippen LogP contribution >= 0.6 is 0 Å². The molecule has 0 spiro atoms. The third-order valence-corrected chi connectivity index (χ3v) is 4.86. The van der Waals surface area contributed by atoms with Crippen LogP contribution in [-0.2, 0) is 14.3 Å². The highest BCUT2D eigenvalue weighted by atomic mass is 16.7. The van der Waals surface area contributed by atoms with Crippen molar-refractivity contribution >= 4 is 23.9 Å². The smallest absolute Gasteiger partial charge is 0.408 e. The van der Waals surface area contributed by atoms with Gasteiger partial charge in [-0.2, -0.15) is 5.10 Å². The standard InChI is InChI=1S/C21H22N4O7/c1-21(2,3)31-20(29)23-15-10-30-11-16(15)24-9-12(8-22-24)19(28)32-25-17(26)13-6-4-5-7-14(13)18(25)27/h4-9,15-16H,10-11H2,1-3H3,(H,23,29)/t15-,16+/m0/s1. The van der Waals surface area contributed by atoms with Gasteiger partial charge in [0.05, 0.1) is 48.2 Å². The van der Waals surface area contributed by atoms with Crippen molar-refractivity contribution in [1.29, 1.82) is 0 Å². The maximum absolute atomic E-state index is 12.5. The predicted molar refractivity (Wildman–Crippen MR) is 108 cm³/mol. The van der Waals surface area contributed by atoms with Gasteiger partial charge in [-0.3, -0.25) is 14.3 Å². The van der Waals surface area contributed by atoms with Crippen molar-refractivity contribution in [2.45, 2.75) is 38.5 Å². The highest BCUT2D eigenvalue weighted by molar-refractivity contribution is 6.21. The zero-order valence-corrected chi connectivity index (χ0v) is 17.7. The third-order valence-electron chi connectivity index (χ3n) is 4.86. The highest BCUT2D eigenvalue weighted by Gasteiger charge is 2.39. The van der Waals surface area contributed by atoms with Crippen molar-refractivity contribution in [3.8, 4) is 0 Å². The molecule has 11 nitrogen and oxygen atoms in total. The SMILES string of the molecule is CC(C)(C)OC(=O)N[C@H]1COC[C@H]1n1cc(C(=O)ON2C(=O)c3ccccc3C2=O)cn1. The van der Waals surface area contributed by atoms with Crippen molar-refractivity contribution in [2.24, 2.45) is 0 Å². The molecule has 3 amide bonds. The Kier molecular flexibility index (Phi) is 5.43. The number of ether oxygens (including phenoxy) is 2. The Bertz CT molecular complexity index is 1050. The predicted octanol–water partition coefficient (Wildman–Crippen LogP) is 1.72. The second-order valence-corrected chi connectivity index (χ2v) is 8.40. The van der Waals surface area contributed by atoms with Crippen LogP contribution in [0.3, 0.4) is 0 Å². The molecule has 3 heterocycles. The summed E-state index contributed by atoms with van der Waals surface area (Å²) in [6.07, 6.45) is 2.07. The fraction of sp³-hybridized carbons (Fsp3) is 0.381. The van der Waals surface area contributed by atoms with Crippen LogP contribution in [0.25, 0.3) is 0 Å². The molecule has 168 valence electrons. The lowest BCUT2D eigenvalue weighted by atomic mass is 10.1. The summed E-state index contributed by atoms with van der Waals surface area (Å²) >= 11 is 0. The number of rotatable bonds is 4. The first-order valence-electron chi connectivity index (χ1n) is 9.95. The van der Waals surface area contributed by atoms with Crippen molar-refractivity contribution in [2.75, 3.05) is 13.2 Å². The summed E-state index contributed by atoms with van der Waals surface area (Å²) in [7, 11) is 0. The van der Waals surface area contributed by atoms with Crippen molar-refractivity contribution in [1.82, 2.24) is 20.2 Å². The van der Waals surface area contributed by atoms with Gasteiger partial charge in [-0.25, -0.2) is 9.59 Å². The van der Waals surface area contributed by atoms with Gasteiger partial charge in [0.25, 0.3) is 11.8 Å². The summed E-state index contributed by atoms with van der Waals surface area (Å²) in [4.78, 5) is 54.4. The molecule has 2 atom stereocenters. The lowest BCUT2D eigenvalue weighted by Gasteiger charge is -2.23. The number of carbonyl (C=O) groups excluding carboxylic acids is 4. The summed E-state index contributed by atoms with van der Waals surface area (Å²) in [5, 5.41) is 7.34. The first-order valence-corrected chi connectivity index (χ1v) is 9.95. The molecule has 1 aromatic heterocycles. The molecule has 1 N–H and O–H groups in total. The van der Waals surface area contributed by atoms with Gasteiger partial charge >= 0.3 is 12.1 Å². The number of amides is 3. The molecule has 1 fully saturated rings. The van der Waals surface area contributed by atoms with Gasteiger partial charge in [0, 0.05) is 6.20 Å². The highest BCUT2D eigenvalue weighted by Crippen LogP contribution is 2.24. The van der Waals surface area contributed by atoms with Gasteiger partial charge in [-0.1, -0.05) is 17.2 Å². The molecular weight excluding hydrogens is 420 g/mol. The Morgan fingerprint density at radius 3 is 2.41 bits per heavy atom. The fourth-order valence-electron chi connectivity index (χ4n) is 3.41. The summed E-state index contributed by atoms with van der Waals surface area (Å²) in [6.45, 7) is 5.78. The number of alkyl carbamates (subject to hydrolysis) is 1. The maximum Gasteiger partial charge on any atom is 0.408 e. The minimum absolute atomic E-state index is 0.0319. The molecule has 0 unspecified atom stereocenters. The molecule has 0 saturated carbocycles. The number of nitrogens with one attached hydrogen (secondary N) is 1. The number of hydrogen-bond acceptors (Lipinski definition) is 8. The first-order chi connectivity index (χ1) is 15.1. The van der Waals surface area contributed by atoms with E-state index in [0.29, 0.717) is 5.06 Å². The van der Waals surface area contributed by atoms with E-state index in [1.165, 1.54) is 29.2 Å². The van der Waals surface area contributed by atoms with E-state index in [9.17, 15) is 19.2 Å². The third kappa shape index (κ3) is 4.19. The molecule has 32 heavy (non-hydrogen) atoms. The number of carbonyl (C=O) groups is 4. The topological polar surface area (TPSA) is 129 Å². The van der Waals surface area contributed by atoms with E-state index in [1.807, 2.05) is 0 Å². The molecule has 0 aliphatic carbocycles. The van der Waals surface area contributed by atoms with Crippen molar-refractivity contribution in [3.63, 3.8) is 0 Å². The second-order valence-electron chi connectivity index (χ2n) is 8.40. The van der Waals surface area contributed by atoms with E-state index >= 15 is 0 Å². The van der Waals surface area contributed by atoms with E-state index in [4.69, 9.17) is 14.3 Å². The van der Waals surface area contributed by atoms with Gasteiger partial charge in [0.15, 0.2) is 0 Å². The zero-order valence-electron chi connectivity index (χ0n) is 17.7. The molecule has 1 saturated heterocycles. The molecule has 1 aromatic carbocycles.